The normalized spacial score (nSPS) is 13.9. The number of imide groups is 2. The van der Waals surface area contributed by atoms with Crippen molar-refractivity contribution in [1.82, 2.24) is 0 Å². The predicted octanol–water partition coefficient (Wildman–Crippen LogP) is -3.20. The number of benzene rings is 4. The summed E-state index contributed by atoms with van der Waals surface area (Å²) in [6, 6.07) is 13.7. The SMILES string of the molecule is CC(=O)Nc1ccc(C=Cc2ccc(N3C(=O)C=CC3=O)cc2S(=O)(=O)O)c(S(=O)(=O)[O-])c1.CC(=O)Nc1ccc(C=Cc2ccc(N3C(=O)C=CC3=O)cc2S(=O)(=O)O)c(S(=O)(=O)[O-])c1.[Na+].[Na+]. The number of nitrogens with zero attached hydrogens (tertiary/aromatic N) is 2. The Balaban J connectivity index is 0.000000350. The van der Waals surface area contributed by atoms with E-state index in [-0.39, 0.29) is 104 Å². The van der Waals surface area contributed by atoms with E-state index in [4.69, 9.17) is 0 Å². The zero-order valence-corrected chi connectivity index (χ0v) is 42.8. The van der Waals surface area contributed by atoms with E-state index >= 15 is 0 Å². The Hall–Kier alpha value is -5.30. The monoisotopic (exact) mass is 1030 g/mol. The van der Waals surface area contributed by atoms with Crippen LogP contribution in [0.3, 0.4) is 0 Å². The van der Waals surface area contributed by atoms with Crippen LogP contribution in [0.2, 0.25) is 0 Å². The maximum Gasteiger partial charge on any atom is 1.00 e. The summed E-state index contributed by atoms with van der Waals surface area (Å²) in [7, 11) is -19.6. The van der Waals surface area contributed by atoms with E-state index < -0.39 is 95.5 Å². The zero-order valence-electron chi connectivity index (χ0n) is 35.5. The van der Waals surface area contributed by atoms with Crippen LogP contribution in [0.25, 0.3) is 24.3 Å². The van der Waals surface area contributed by atoms with E-state index in [1.165, 1.54) is 62.4 Å². The van der Waals surface area contributed by atoms with Gasteiger partial charge in [0.2, 0.25) is 11.8 Å². The number of hydrogen-bond acceptors (Lipinski definition) is 16. The predicted molar refractivity (Wildman–Crippen MR) is 231 cm³/mol. The molecular weight excluding hydrogens is 999 g/mol. The van der Waals surface area contributed by atoms with Gasteiger partial charge >= 0.3 is 59.1 Å². The maximum atomic E-state index is 11.9. The summed E-state index contributed by atoms with van der Waals surface area (Å²) < 4.78 is 137. The first-order valence-corrected chi connectivity index (χ1v) is 23.7. The summed E-state index contributed by atoms with van der Waals surface area (Å²) in [5.74, 6) is -3.78. The molecule has 6 rings (SSSR count). The summed E-state index contributed by atoms with van der Waals surface area (Å²) >= 11 is 0. The van der Waals surface area contributed by atoms with Crippen LogP contribution in [0.1, 0.15) is 36.1 Å². The van der Waals surface area contributed by atoms with Gasteiger partial charge in [-0.1, -0.05) is 48.6 Å². The Bertz CT molecular complexity index is 3110. The minimum Gasteiger partial charge on any atom is -0.744 e. The Morgan fingerprint density at radius 3 is 0.985 bits per heavy atom. The molecule has 2 aliphatic rings. The molecule has 0 fully saturated rings. The molecule has 4 aromatic rings. The molecule has 4 N–H and O–H groups in total. The molecule has 0 saturated heterocycles. The van der Waals surface area contributed by atoms with E-state index in [2.05, 4.69) is 10.6 Å². The second kappa shape index (κ2) is 22.4. The van der Waals surface area contributed by atoms with Crippen molar-refractivity contribution < 1.29 is 140 Å². The fraction of sp³-hybridized carbons (Fsp3) is 0.0500. The summed E-state index contributed by atoms with van der Waals surface area (Å²) in [5.41, 5.74) is -0.556. The van der Waals surface area contributed by atoms with Gasteiger partial charge in [0.25, 0.3) is 43.9 Å². The standard InChI is InChI=1S/2C20H16N2O9S2.2Na/c2*1-12(23)21-15-6-4-13(17(10-15)32(26,27)28)2-3-14-5-7-16(11-18(14)33(29,30)31)22-19(24)8-9-20(22)25;;/h2*2-11H,1H3,(H,21,23)(H,26,27,28)(H,29,30,31);;/q;;2*+1/p-2. The first kappa shape index (κ1) is 57.0. The summed E-state index contributed by atoms with van der Waals surface area (Å²) in [5, 5.41) is 4.69. The van der Waals surface area contributed by atoms with E-state index in [9.17, 15) is 80.6 Å². The molecule has 0 aromatic heterocycles. The summed E-state index contributed by atoms with van der Waals surface area (Å²) in [6.45, 7) is 2.39. The van der Waals surface area contributed by atoms with Crippen LogP contribution in [0.4, 0.5) is 22.7 Å². The van der Waals surface area contributed by atoms with Crippen molar-refractivity contribution >= 4 is 123 Å². The van der Waals surface area contributed by atoms with Crippen LogP contribution in [0.5, 0.6) is 0 Å². The van der Waals surface area contributed by atoms with Crippen molar-refractivity contribution in [3.05, 3.63) is 119 Å². The van der Waals surface area contributed by atoms with Gasteiger partial charge in [-0.2, -0.15) is 16.8 Å². The average molecular weight is 1030 g/mol. The number of carbonyl (C=O) groups is 6. The maximum absolute atomic E-state index is 11.9. The molecule has 0 aliphatic carbocycles. The van der Waals surface area contributed by atoms with E-state index in [1.54, 1.807) is 0 Å². The summed E-state index contributed by atoms with van der Waals surface area (Å²) in [4.78, 5) is 68.5. The van der Waals surface area contributed by atoms with Crippen molar-refractivity contribution in [3.8, 4) is 0 Å². The third-order valence-corrected chi connectivity index (χ3v) is 12.4. The Labute approximate surface area is 432 Å². The number of amides is 6. The number of rotatable bonds is 12. The van der Waals surface area contributed by atoms with Crippen LogP contribution >= 0.6 is 0 Å². The first-order valence-electron chi connectivity index (χ1n) is 18.0. The van der Waals surface area contributed by atoms with Crippen LogP contribution in [0.15, 0.2) is 117 Å². The van der Waals surface area contributed by atoms with E-state index in [0.717, 1.165) is 72.9 Å². The van der Waals surface area contributed by atoms with Gasteiger partial charge in [-0.3, -0.25) is 37.9 Å². The Morgan fingerprint density at radius 1 is 0.471 bits per heavy atom. The van der Waals surface area contributed by atoms with Crippen molar-refractivity contribution in [2.24, 2.45) is 0 Å². The van der Waals surface area contributed by atoms with Crippen LogP contribution < -0.4 is 79.5 Å². The summed E-state index contributed by atoms with van der Waals surface area (Å²) in [6.07, 6.45) is 8.50. The van der Waals surface area contributed by atoms with Gasteiger partial charge in [0.1, 0.15) is 30.0 Å². The van der Waals surface area contributed by atoms with Gasteiger partial charge in [-0.15, -0.1) is 0 Å². The third kappa shape index (κ3) is 14.4. The average Bonchev–Trinajstić information content (AvgIpc) is 3.72. The largest absolute Gasteiger partial charge is 1.00 e. The molecule has 28 heteroatoms. The molecule has 4 aromatic carbocycles. The quantitative estimate of drug-likeness (QED) is 0.0470. The smallest absolute Gasteiger partial charge is 0.744 e. The molecule has 0 radical (unpaired) electrons. The number of anilines is 4. The molecule has 0 bridgehead atoms. The van der Waals surface area contributed by atoms with Crippen molar-refractivity contribution in [1.29, 1.82) is 0 Å². The van der Waals surface area contributed by atoms with Crippen molar-refractivity contribution in [2.75, 3.05) is 20.4 Å². The van der Waals surface area contributed by atoms with E-state index in [0.29, 0.717) is 9.80 Å². The Morgan fingerprint density at radius 2 is 0.735 bits per heavy atom. The zero-order chi connectivity index (χ0) is 49.1. The fourth-order valence-corrected chi connectivity index (χ4v) is 8.85. The molecule has 68 heavy (non-hydrogen) atoms. The first-order chi connectivity index (χ1) is 30.5. The third-order valence-electron chi connectivity index (χ3n) is 8.78. The van der Waals surface area contributed by atoms with Crippen LogP contribution in [-0.4, -0.2) is 87.3 Å². The van der Waals surface area contributed by atoms with Gasteiger partial charge in [0.05, 0.1) is 21.2 Å². The van der Waals surface area contributed by atoms with Crippen LogP contribution in [-0.2, 0) is 69.2 Å². The van der Waals surface area contributed by atoms with Gasteiger partial charge in [-0.05, 0) is 70.8 Å². The molecule has 2 heterocycles. The molecule has 6 amide bonds. The van der Waals surface area contributed by atoms with E-state index in [1.807, 2.05) is 0 Å². The van der Waals surface area contributed by atoms with Gasteiger partial charge in [-0.25, -0.2) is 26.6 Å². The second-order valence-corrected chi connectivity index (χ2v) is 19.0. The fourth-order valence-electron chi connectivity index (χ4n) is 6.05. The molecule has 344 valence electrons. The van der Waals surface area contributed by atoms with Crippen molar-refractivity contribution in [3.63, 3.8) is 0 Å². The second-order valence-electron chi connectivity index (χ2n) is 13.5. The molecule has 22 nitrogen and oxygen atoms in total. The van der Waals surface area contributed by atoms with Crippen molar-refractivity contribution in [2.45, 2.75) is 33.4 Å². The van der Waals surface area contributed by atoms with Gasteiger partial charge in [0.15, 0.2) is 0 Å². The number of carbonyl (C=O) groups excluding carboxylic acids is 6. The molecule has 0 atom stereocenters. The molecule has 0 spiro atoms. The minimum absolute atomic E-state index is 0. The van der Waals surface area contributed by atoms with Crippen LogP contribution in [0, 0.1) is 0 Å². The molecule has 2 aliphatic heterocycles. The molecule has 0 unspecified atom stereocenters. The minimum atomic E-state index is -4.97. The molecule has 0 saturated carbocycles. The van der Waals surface area contributed by atoms with Gasteiger partial charge < -0.3 is 19.7 Å². The van der Waals surface area contributed by atoms with Gasteiger partial charge in [0, 0.05) is 49.5 Å². The Kier molecular flexibility index (Phi) is 18.8. The number of hydrogen-bond donors (Lipinski definition) is 4. The number of nitrogens with one attached hydrogen (secondary N) is 2. The molecular formula is C40H30N4Na2O18S4. The topological polar surface area (TPSA) is 356 Å².